The van der Waals surface area contributed by atoms with Gasteiger partial charge in [-0.2, -0.15) is 13.2 Å². The van der Waals surface area contributed by atoms with E-state index in [-0.39, 0.29) is 24.0 Å². The van der Waals surface area contributed by atoms with Gasteiger partial charge in [0, 0.05) is 19.6 Å². The van der Waals surface area contributed by atoms with E-state index in [9.17, 15) is 18.0 Å². The number of likely N-dealkylation sites (tertiary alicyclic amines) is 1. The molecule has 0 spiro atoms. The Morgan fingerprint density at radius 1 is 1.30 bits per heavy atom. The number of rotatable bonds is 3. The van der Waals surface area contributed by atoms with Crippen LogP contribution in [0.15, 0.2) is 0 Å². The van der Waals surface area contributed by atoms with E-state index in [4.69, 9.17) is 14.6 Å². The van der Waals surface area contributed by atoms with Crippen molar-refractivity contribution in [2.24, 2.45) is 11.8 Å². The SMILES string of the molecule is CN1C[C@H]2C[C@H](C(=O)NCC3CC3)[C@@H](C1)O2.O=C(O)C(F)(F)F. The van der Waals surface area contributed by atoms with Crippen molar-refractivity contribution in [2.75, 3.05) is 26.7 Å². The van der Waals surface area contributed by atoms with Crippen LogP contribution in [-0.4, -0.2) is 66.9 Å². The predicted molar refractivity (Wildman–Crippen MR) is 73.7 cm³/mol. The van der Waals surface area contributed by atoms with Crippen LogP contribution in [0.5, 0.6) is 0 Å². The average Bonchev–Trinajstić information content (AvgIpc) is 3.20. The quantitative estimate of drug-likeness (QED) is 0.798. The average molecular weight is 338 g/mol. The third kappa shape index (κ3) is 5.35. The molecule has 3 rings (SSSR count). The third-order valence-electron chi connectivity index (χ3n) is 4.18. The van der Waals surface area contributed by atoms with Crippen LogP contribution in [0.25, 0.3) is 0 Å². The number of ether oxygens (including phenoxy) is 1. The topological polar surface area (TPSA) is 78.9 Å². The lowest BCUT2D eigenvalue weighted by Crippen LogP contribution is -2.43. The first-order valence-electron chi connectivity index (χ1n) is 7.58. The number of carbonyl (C=O) groups excluding carboxylic acids is 1. The second-order valence-corrected chi connectivity index (χ2v) is 6.35. The minimum absolute atomic E-state index is 0.0914. The number of carbonyl (C=O) groups is 2. The number of nitrogens with zero attached hydrogens (tertiary/aromatic N) is 1. The Labute approximate surface area is 132 Å². The van der Waals surface area contributed by atoms with E-state index in [1.165, 1.54) is 12.8 Å². The molecule has 0 aromatic heterocycles. The first-order valence-corrected chi connectivity index (χ1v) is 7.58. The van der Waals surface area contributed by atoms with E-state index < -0.39 is 12.1 Å². The molecule has 132 valence electrons. The Morgan fingerprint density at radius 2 is 1.91 bits per heavy atom. The van der Waals surface area contributed by atoms with Gasteiger partial charge in [-0.1, -0.05) is 0 Å². The molecule has 0 aromatic rings. The molecule has 1 saturated carbocycles. The van der Waals surface area contributed by atoms with E-state index in [0.29, 0.717) is 0 Å². The molecule has 3 aliphatic rings. The summed E-state index contributed by atoms with van der Waals surface area (Å²) >= 11 is 0. The number of halogens is 3. The maximum Gasteiger partial charge on any atom is 0.490 e. The number of hydrogen-bond donors (Lipinski definition) is 2. The highest BCUT2D eigenvalue weighted by Crippen LogP contribution is 2.32. The zero-order valence-corrected chi connectivity index (χ0v) is 12.8. The lowest BCUT2D eigenvalue weighted by molar-refractivity contribution is -0.192. The molecule has 23 heavy (non-hydrogen) atoms. The molecule has 1 amide bonds. The highest BCUT2D eigenvalue weighted by atomic mass is 19.4. The van der Waals surface area contributed by atoms with Crippen molar-refractivity contribution in [2.45, 2.75) is 37.6 Å². The number of nitrogens with one attached hydrogen (secondary N) is 1. The molecule has 0 aromatic carbocycles. The van der Waals surface area contributed by atoms with Crippen LogP contribution in [0.3, 0.4) is 0 Å². The number of carboxylic acid groups (broad SMARTS) is 1. The molecule has 2 saturated heterocycles. The largest absolute Gasteiger partial charge is 0.490 e. The monoisotopic (exact) mass is 338 g/mol. The van der Waals surface area contributed by atoms with Crippen molar-refractivity contribution in [3.8, 4) is 0 Å². The van der Waals surface area contributed by atoms with Crippen LogP contribution in [0, 0.1) is 11.8 Å². The van der Waals surface area contributed by atoms with E-state index in [0.717, 1.165) is 32.0 Å². The Hall–Kier alpha value is -1.35. The molecular weight excluding hydrogens is 317 g/mol. The number of aliphatic carboxylic acids is 1. The number of carboxylic acids is 1. The highest BCUT2D eigenvalue weighted by molar-refractivity contribution is 5.79. The Kier molecular flexibility index (Phi) is 5.51. The minimum atomic E-state index is -5.08. The molecule has 2 aliphatic heterocycles. The molecule has 1 aliphatic carbocycles. The molecule has 0 unspecified atom stereocenters. The lowest BCUT2D eigenvalue weighted by atomic mass is 9.99. The summed E-state index contributed by atoms with van der Waals surface area (Å²) in [5, 5.41) is 10.2. The van der Waals surface area contributed by atoms with Crippen LogP contribution >= 0.6 is 0 Å². The maximum atomic E-state index is 12.0. The summed E-state index contributed by atoms with van der Waals surface area (Å²) < 4.78 is 37.6. The van der Waals surface area contributed by atoms with Gasteiger partial charge < -0.3 is 20.1 Å². The molecule has 2 heterocycles. The Balaban J connectivity index is 0.000000236. The number of hydrogen-bond acceptors (Lipinski definition) is 4. The van der Waals surface area contributed by atoms with Crippen LogP contribution in [-0.2, 0) is 14.3 Å². The fourth-order valence-electron chi connectivity index (χ4n) is 2.82. The van der Waals surface area contributed by atoms with E-state index in [2.05, 4.69) is 17.3 Å². The number of morpholine rings is 1. The second kappa shape index (κ2) is 7.04. The van der Waals surface area contributed by atoms with Crippen molar-refractivity contribution in [3.05, 3.63) is 0 Å². The fraction of sp³-hybridized carbons (Fsp3) is 0.857. The molecule has 3 fully saturated rings. The first kappa shape index (κ1) is 18.0. The van der Waals surface area contributed by atoms with Crippen molar-refractivity contribution >= 4 is 11.9 Å². The Morgan fingerprint density at radius 3 is 2.43 bits per heavy atom. The van der Waals surface area contributed by atoms with Gasteiger partial charge in [0.15, 0.2) is 0 Å². The predicted octanol–water partition coefficient (Wildman–Crippen LogP) is 0.865. The zero-order valence-electron chi connectivity index (χ0n) is 12.8. The van der Waals surface area contributed by atoms with E-state index >= 15 is 0 Å². The molecule has 9 heteroatoms. The number of likely N-dealkylation sites (N-methyl/N-ethyl adjacent to an activating group) is 1. The molecule has 2 N–H and O–H groups in total. The van der Waals surface area contributed by atoms with Crippen molar-refractivity contribution in [1.29, 1.82) is 0 Å². The van der Waals surface area contributed by atoms with Gasteiger partial charge in [0.1, 0.15) is 0 Å². The number of fused-ring (bicyclic) bond motifs is 2. The number of amides is 1. The molecule has 0 radical (unpaired) electrons. The molecule has 3 atom stereocenters. The Bertz CT molecular complexity index is 454. The normalized spacial score (nSPS) is 30.3. The van der Waals surface area contributed by atoms with Gasteiger partial charge in [-0.25, -0.2) is 4.79 Å². The molecule has 6 nitrogen and oxygen atoms in total. The smallest absolute Gasteiger partial charge is 0.475 e. The molecule has 2 bridgehead atoms. The van der Waals surface area contributed by atoms with Gasteiger partial charge in [-0.3, -0.25) is 4.79 Å². The third-order valence-corrected chi connectivity index (χ3v) is 4.18. The fourth-order valence-corrected chi connectivity index (χ4v) is 2.82. The first-order chi connectivity index (χ1) is 10.7. The summed E-state index contributed by atoms with van der Waals surface area (Å²) in [6, 6.07) is 0. The lowest BCUT2D eigenvalue weighted by Gasteiger charge is -2.29. The van der Waals surface area contributed by atoms with Crippen LogP contribution in [0.2, 0.25) is 0 Å². The summed E-state index contributed by atoms with van der Waals surface area (Å²) in [7, 11) is 2.10. The van der Waals surface area contributed by atoms with Gasteiger partial charge in [-0.15, -0.1) is 0 Å². The van der Waals surface area contributed by atoms with Gasteiger partial charge >= 0.3 is 12.1 Å². The van der Waals surface area contributed by atoms with E-state index in [1.54, 1.807) is 0 Å². The van der Waals surface area contributed by atoms with Crippen LogP contribution in [0.4, 0.5) is 13.2 Å². The van der Waals surface area contributed by atoms with Crippen molar-refractivity contribution in [1.82, 2.24) is 10.2 Å². The van der Waals surface area contributed by atoms with Crippen molar-refractivity contribution < 1.29 is 32.6 Å². The van der Waals surface area contributed by atoms with Gasteiger partial charge in [-0.05, 0) is 32.2 Å². The van der Waals surface area contributed by atoms with Crippen LogP contribution < -0.4 is 5.32 Å². The summed E-state index contributed by atoms with van der Waals surface area (Å²) in [5.41, 5.74) is 0. The van der Waals surface area contributed by atoms with Gasteiger partial charge in [0.05, 0.1) is 18.1 Å². The second-order valence-electron chi connectivity index (χ2n) is 6.35. The van der Waals surface area contributed by atoms with Gasteiger partial charge in [0.25, 0.3) is 0 Å². The minimum Gasteiger partial charge on any atom is -0.475 e. The van der Waals surface area contributed by atoms with Crippen LogP contribution in [0.1, 0.15) is 19.3 Å². The summed E-state index contributed by atoms with van der Waals surface area (Å²) in [6.45, 7) is 2.75. The summed E-state index contributed by atoms with van der Waals surface area (Å²) in [6.07, 6.45) is -1.19. The summed E-state index contributed by atoms with van der Waals surface area (Å²) in [5.74, 6) is -1.69. The molecular formula is C14H21F3N2O4. The van der Waals surface area contributed by atoms with Crippen molar-refractivity contribution in [3.63, 3.8) is 0 Å². The van der Waals surface area contributed by atoms with Gasteiger partial charge in [0.2, 0.25) is 5.91 Å². The zero-order chi connectivity index (χ0) is 17.2. The maximum absolute atomic E-state index is 12.0. The standard InChI is InChI=1S/C12H20N2O2.C2HF3O2/c1-14-6-9-4-10(11(7-14)16-9)12(15)13-5-8-2-3-8;3-2(4,5)1(6)7/h8-11H,2-7H2,1H3,(H,13,15);(H,6,7)/t9-,10+,11-;/m1./s1. The highest BCUT2D eigenvalue weighted by Gasteiger charge is 2.43. The summed E-state index contributed by atoms with van der Waals surface area (Å²) in [4.78, 5) is 23.2. The van der Waals surface area contributed by atoms with E-state index in [1.807, 2.05) is 0 Å². The number of alkyl halides is 3.